The van der Waals surface area contributed by atoms with E-state index in [-0.39, 0.29) is 0 Å². The van der Waals surface area contributed by atoms with Crippen molar-refractivity contribution in [2.45, 2.75) is 39.5 Å². The Labute approximate surface area is 103 Å². The van der Waals surface area contributed by atoms with E-state index in [9.17, 15) is 5.11 Å². The van der Waals surface area contributed by atoms with Gasteiger partial charge in [-0.15, -0.1) is 0 Å². The molecule has 0 aliphatic carbocycles. The molecule has 0 amide bonds. The van der Waals surface area contributed by atoms with Crippen molar-refractivity contribution < 1.29 is 5.11 Å². The summed E-state index contributed by atoms with van der Waals surface area (Å²) in [4.78, 5) is 0. The third-order valence-corrected chi connectivity index (χ3v) is 3.60. The van der Waals surface area contributed by atoms with Gasteiger partial charge in [-0.25, -0.2) is 0 Å². The fraction of sp³-hybridized carbons (Fsp3) is 0.375. The summed E-state index contributed by atoms with van der Waals surface area (Å²) in [6.07, 6.45) is 2.13. The largest absolute Gasteiger partial charge is 0.508 e. The second-order valence-electron chi connectivity index (χ2n) is 4.71. The number of phenolic OH excluding ortho intramolecular Hbond substituents is 1. The van der Waals surface area contributed by atoms with Gasteiger partial charge in [0.05, 0.1) is 0 Å². The molecule has 0 heterocycles. The minimum Gasteiger partial charge on any atom is -0.508 e. The lowest BCUT2D eigenvalue weighted by Crippen LogP contribution is -1.96. The highest BCUT2D eigenvalue weighted by Crippen LogP contribution is 2.33. The Balaban J connectivity index is 2.79. The number of hydrogen-bond donors (Lipinski definition) is 1. The summed E-state index contributed by atoms with van der Waals surface area (Å²) in [7, 11) is 0. The molecule has 0 fully saturated rings. The summed E-state index contributed by atoms with van der Waals surface area (Å²) in [5.41, 5.74) is 2.65. The SMILES string of the molecule is CCc1cccc2cc(O)cc(C(C)CC)c12. The van der Waals surface area contributed by atoms with Crippen LogP contribution in [0.4, 0.5) is 0 Å². The van der Waals surface area contributed by atoms with Crippen LogP contribution >= 0.6 is 0 Å². The van der Waals surface area contributed by atoms with Crippen LogP contribution in [0, 0.1) is 0 Å². The van der Waals surface area contributed by atoms with Gasteiger partial charge in [-0.05, 0) is 52.8 Å². The predicted molar refractivity (Wildman–Crippen MR) is 73.7 cm³/mol. The first-order valence-corrected chi connectivity index (χ1v) is 6.41. The molecule has 17 heavy (non-hydrogen) atoms. The second kappa shape index (κ2) is 4.79. The average molecular weight is 228 g/mol. The van der Waals surface area contributed by atoms with Gasteiger partial charge < -0.3 is 5.11 Å². The smallest absolute Gasteiger partial charge is 0.116 e. The molecule has 1 heteroatoms. The first-order chi connectivity index (χ1) is 8.17. The standard InChI is InChI=1S/C16H20O/c1-4-11(3)15-10-14(17)9-13-8-6-7-12(5-2)16(13)15/h6-11,17H,4-5H2,1-3H3. The maximum absolute atomic E-state index is 9.82. The molecule has 0 radical (unpaired) electrons. The average Bonchev–Trinajstić information content (AvgIpc) is 2.35. The normalized spacial score (nSPS) is 12.9. The van der Waals surface area contributed by atoms with Crippen molar-refractivity contribution in [3.8, 4) is 5.75 Å². The number of hydrogen-bond acceptors (Lipinski definition) is 1. The van der Waals surface area contributed by atoms with Crippen LogP contribution in [0.25, 0.3) is 10.8 Å². The highest BCUT2D eigenvalue weighted by atomic mass is 16.3. The molecule has 0 saturated heterocycles. The maximum atomic E-state index is 9.82. The second-order valence-corrected chi connectivity index (χ2v) is 4.71. The van der Waals surface area contributed by atoms with Gasteiger partial charge in [0.2, 0.25) is 0 Å². The fourth-order valence-corrected chi connectivity index (χ4v) is 2.43. The van der Waals surface area contributed by atoms with Crippen LogP contribution in [0.1, 0.15) is 44.2 Å². The number of aromatic hydroxyl groups is 1. The minimum absolute atomic E-state index is 0.376. The van der Waals surface area contributed by atoms with E-state index in [2.05, 4.69) is 39.0 Å². The van der Waals surface area contributed by atoms with E-state index in [1.807, 2.05) is 12.1 Å². The van der Waals surface area contributed by atoms with Crippen molar-refractivity contribution in [3.63, 3.8) is 0 Å². The van der Waals surface area contributed by atoms with E-state index in [0.717, 1.165) is 18.2 Å². The Hall–Kier alpha value is -1.50. The zero-order valence-electron chi connectivity index (χ0n) is 10.8. The van der Waals surface area contributed by atoms with Gasteiger partial charge in [0.1, 0.15) is 5.75 Å². The molecular weight excluding hydrogens is 208 g/mol. The molecule has 1 unspecified atom stereocenters. The number of fused-ring (bicyclic) bond motifs is 1. The van der Waals surface area contributed by atoms with Gasteiger partial charge in [0.15, 0.2) is 0 Å². The first-order valence-electron chi connectivity index (χ1n) is 6.41. The first kappa shape index (κ1) is 12.0. The molecule has 0 bridgehead atoms. The molecule has 0 aliphatic rings. The number of benzene rings is 2. The number of rotatable bonds is 3. The van der Waals surface area contributed by atoms with Crippen LogP contribution < -0.4 is 0 Å². The Morgan fingerprint density at radius 3 is 2.59 bits per heavy atom. The lowest BCUT2D eigenvalue weighted by atomic mass is 9.89. The maximum Gasteiger partial charge on any atom is 0.116 e. The summed E-state index contributed by atoms with van der Waals surface area (Å²) in [6.45, 7) is 6.60. The highest BCUT2D eigenvalue weighted by molar-refractivity contribution is 5.90. The molecule has 2 aromatic carbocycles. The van der Waals surface area contributed by atoms with Crippen molar-refractivity contribution in [3.05, 3.63) is 41.5 Å². The lowest BCUT2D eigenvalue weighted by molar-refractivity contribution is 0.474. The van der Waals surface area contributed by atoms with E-state index in [0.29, 0.717) is 11.7 Å². The van der Waals surface area contributed by atoms with Gasteiger partial charge in [-0.1, -0.05) is 39.0 Å². The predicted octanol–water partition coefficient (Wildman–Crippen LogP) is 4.62. The van der Waals surface area contributed by atoms with Gasteiger partial charge in [0.25, 0.3) is 0 Å². The van der Waals surface area contributed by atoms with Gasteiger partial charge in [-0.3, -0.25) is 0 Å². The summed E-state index contributed by atoms with van der Waals surface area (Å²) >= 11 is 0. The Bertz CT molecular complexity index is 528. The molecule has 0 aromatic heterocycles. The Kier molecular flexibility index (Phi) is 3.37. The van der Waals surface area contributed by atoms with Crippen molar-refractivity contribution in [1.29, 1.82) is 0 Å². The van der Waals surface area contributed by atoms with Gasteiger partial charge in [0, 0.05) is 0 Å². The summed E-state index contributed by atoms with van der Waals surface area (Å²) in [5, 5.41) is 12.3. The Morgan fingerprint density at radius 1 is 1.18 bits per heavy atom. The molecule has 2 rings (SSSR count). The topological polar surface area (TPSA) is 20.2 Å². The number of phenols is 1. The molecule has 90 valence electrons. The van der Waals surface area contributed by atoms with Crippen LogP contribution in [-0.4, -0.2) is 5.11 Å². The van der Waals surface area contributed by atoms with Crippen molar-refractivity contribution >= 4 is 10.8 Å². The van der Waals surface area contributed by atoms with Crippen molar-refractivity contribution in [2.75, 3.05) is 0 Å². The van der Waals surface area contributed by atoms with Crippen LogP contribution in [0.2, 0.25) is 0 Å². The molecule has 1 nitrogen and oxygen atoms in total. The molecule has 0 spiro atoms. The quantitative estimate of drug-likeness (QED) is 0.812. The lowest BCUT2D eigenvalue weighted by Gasteiger charge is -2.16. The summed E-state index contributed by atoms with van der Waals surface area (Å²) in [5.74, 6) is 0.860. The van der Waals surface area contributed by atoms with E-state index >= 15 is 0 Å². The highest BCUT2D eigenvalue weighted by Gasteiger charge is 2.12. The minimum atomic E-state index is 0.376. The number of aryl methyl sites for hydroxylation is 1. The monoisotopic (exact) mass is 228 g/mol. The van der Waals surface area contributed by atoms with E-state index in [1.54, 1.807) is 0 Å². The van der Waals surface area contributed by atoms with Crippen molar-refractivity contribution in [2.24, 2.45) is 0 Å². The van der Waals surface area contributed by atoms with E-state index < -0.39 is 0 Å². The van der Waals surface area contributed by atoms with Crippen molar-refractivity contribution in [1.82, 2.24) is 0 Å². The summed E-state index contributed by atoms with van der Waals surface area (Å²) < 4.78 is 0. The molecule has 1 N–H and O–H groups in total. The van der Waals surface area contributed by atoms with E-state index in [4.69, 9.17) is 0 Å². The molecule has 0 saturated carbocycles. The van der Waals surface area contributed by atoms with Crippen LogP contribution in [0.15, 0.2) is 30.3 Å². The molecule has 2 aromatic rings. The fourth-order valence-electron chi connectivity index (χ4n) is 2.43. The zero-order valence-corrected chi connectivity index (χ0v) is 10.8. The van der Waals surface area contributed by atoms with Crippen LogP contribution in [-0.2, 0) is 6.42 Å². The third kappa shape index (κ3) is 2.14. The Morgan fingerprint density at radius 2 is 1.94 bits per heavy atom. The van der Waals surface area contributed by atoms with E-state index in [1.165, 1.54) is 16.5 Å². The third-order valence-electron chi connectivity index (χ3n) is 3.60. The summed E-state index contributed by atoms with van der Waals surface area (Å²) in [6, 6.07) is 10.1. The van der Waals surface area contributed by atoms with Crippen LogP contribution in [0.3, 0.4) is 0 Å². The molecule has 0 aliphatic heterocycles. The van der Waals surface area contributed by atoms with Gasteiger partial charge >= 0.3 is 0 Å². The molecule has 1 atom stereocenters. The van der Waals surface area contributed by atoms with Gasteiger partial charge in [-0.2, -0.15) is 0 Å². The zero-order chi connectivity index (χ0) is 12.4. The molecular formula is C16H20O. The van der Waals surface area contributed by atoms with Crippen LogP contribution in [0.5, 0.6) is 5.75 Å².